The highest BCUT2D eigenvalue weighted by Gasteiger charge is 2.23. The second-order valence-electron chi connectivity index (χ2n) is 7.02. The third-order valence-corrected chi connectivity index (χ3v) is 5.21. The maximum Gasteiger partial charge on any atom is 0.0507 e. The van der Waals surface area contributed by atoms with Crippen LogP contribution in [0.1, 0.15) is 37.7 Å². The number of hydrogen-bond donors (Lipinski definition) is 1. The average molecular weight is 302 g/mol. The van der Waals surface area contributed by atoms with Crippen LogP contribution in [0, 0.1) is 5.92 Å². The number of ether oxygens (including phenoxy) is 1. The van der Waals surface area contributed by atoms with Gasteiger partial charge in [0.25, 0.3) is 0 Å². The lowest BCUT2D eigenvalue weighted by Crippen LogP contribution is -2.44. The van der Waals surface area contributed by atoms with Crippen molar-refractivity contribution in [2.45, 2.75) is 38.1 Å². The Morgan fingerprint density at radius 3 is 2.64 bits per heavy atom. The summed E-state index contributed by atoms with van der Waals surface area (Å²) in [5, 5.41) is 3.78. The molecule has 2 heterocycles. The van der Waals surface area contributed by atoms with Crippen LogP contribution >= 0.6 is 0 Å². The van der Waals surface area contributed by atoms with Gasteiger partial charge in [-0.05, 0) is 49.8 Å². The minimum Gasteiger partial charge on any atom is -0.381 e. The van der Waals surface area contributed by atoms with Crippen LogP contribution in [0.4, 0.5) is 0 Å². The summed E-state index contributed by atoms with van der Waals surface area (Å²) in [6.45, 7) is 9.09. The van der Waals surface area contributed by atoms with Crippen LogP contribution in [0.5, 0.6) is 0 Å². The number of nitrogens with zero attached hydrogens (tertiary/aromatic N) is 1. The van der Waals surface area contributed by atoms with Gasteiger partial charge in [-0.1, -0.05) is 37.3 Å². The van der Waals surface area contributed by atoms with E-state index in [1.54, 1.807) is 0 Å². The molecule has 0 amide bonds. The number of rotatable bonds is 6. The average Bonchev–Trinajstić information content (AvgIpc) is 3.08. The topological polar surface area (TPSA) is 24.5 Å². The van der Waals surface area contributed by atoms with E-state index in [-0.39, 0.29) is 0 Å². The fourth-order valence-corrected chi connectivity index (χ4v) is 3.66. The highest BCUT2D eigenvalue weighted by Crippen LogP contribution is 2.19. The van der Waals surface area contributed by atoms with Gasteiger partial charge in [-0.2, -0.15) is 0 Å². The number of hydrogen-bond acceptors (Lipinski definition) is 3. The Bertz CT molecular complexity index is 422. The molecule has 1 N–H and O–H groups in total. The van der Waals surface area contributed by atoms with Gasteiger partial charge in [0, 0.05) is 25.7 Å². The van der Waals surface area contributed by atoms with Crippen molar-refractivity contribution in [3.05, 3.63) is 35.9 Å². The van der Waals surface area contributed by atoms with Crippen LogP contribution < -0.4 is 5.32 Å². The SMILES string of the molecule is CC(CNC1CCN(CC2CCOC2)CC1)c1ccccc1. The number of benzene rings is 1. The standard InChI is InChI=1S/C19H30N2O/c1-16(18-5-3-2-4-6-18)13-20-19-7-10-21(11-8-19)14-17-9-12-22-15-17/h2-6,16-17,19-20H,7-15H2,1H3. The maximum absolute atomic E-state index is 5.49. The van der Waals surface area contributed by atoms with Crippen molar-refractivity contribution in [2.24, 2.45) is 5.92 Å². The summed E-state index contributed by atoms with van der Waals surface area (Å²) in [5.41, 5.74) is 1.44. The lowest BCUT2D eigenvalue weighted by molar-refractivity contribution is 0.147. The smallest absolute Gasteiger partial charge is 0.0507 e. The third kappa shape index (κ3) is 4.55. The highest BCUT2D eigenvalue weighted by atomic mass is 16.5. The summed E-state index contributed by atoms with van der Waals surface area (Å²) in [4.78, 5) is 2.64. The summed E-state index contributed by atoms with van der Waals surface area (Å²) in [5.74, 6) is 1.37. The molecule has 3 nitrogen and oxygen atoms in total. The van der Waals surface area contributed by atoms with Crippen LogP contribution in [-0.4, -0.2) is 50.3 Å². The van der Waals surface area contributed by atoms with E-state index < -0.39 is 0 Å². The molecule has 0 spiro atoms. The van der Waals surface area contributed by atoms with Crippen LogP contribution in [0.25, 0.3) is 0 Å². The molecule has 1 aromatic carbocycles. The molecule has 0 radical (unpaired) electrons. The Hall–Kier alpha value is -0.900. The largest absolute Gasteiger partial charge is 0.381 e. The minimum atomic E-state index is 0.592. The van der Waals surface area contributed by atoms with Gasteiger partial charge in [0.2, 0.25) is 0 Å². The van der Waals surface area contributed by atoms with Crippen LogP contribution in [0.2, 0.25) is 0 Å². The van der Waals surface area contributed by atoms with Crippen LogP contribution in [0.3, 0.4) is 0 Å². The fourth-order valence-electron chi connectivity index (χ4n) is 3.66. The fraction of sp³-hybridized carbons (Fsp3) is 0.684. The van der Waals surface area contributed by atoms with Crippen LogP contribution in [-0.2, 0) is 4.74 Å². The van der Waals surface area contributed by atoms with Crippen molar-refractivity contribution in [1.82, 2.24) is 10.2 Å². The lowest BCUT2D eigenvalue weighted by atomic mass is 9.99. The molecule has 1 aromatic rings. The second kappa shape index (κ2) is 8.09. The molecular formula is C19H30N2O. The normalized spacial score (nSPS) is 25.4. The third-order valence-electron chi connectivity index (χ3n) is 5.21. The zero-order chi connectivity index (χ0) is 15.2. The number of likely N-dealkylation sites (tertiary alicyclic amines) is 1. The van der Waals surface area contributed by atoms with E-state index in [1.165, 1.54) is 44.5 Å². The molecule has 122 valence electrons. The lowest BCUT2D eigenvalue weighted by Gasteiger charge is -2.34. The van der Waals surface area contributed by atoms with Crippen molar-refractivity contribution in [1.29, 1.82) is 0 Å². The summed E-state index contributed by atoms with van der Waals surface area (Å²) >= 11 is 0. The minimum absolute atomic E-state index is 0.592. The first-order valence-electron chi connectivity index (χ1n) is 8.89. The molecule has 0 bridgehead atoms. The molecule has 3 heteroatoms. The Labute approximate surface area is 135 Å². The quantitative estimate of drug-likeness (QED) is 0.874. The Kier molecular flexibility index (Phi) is 5.88. The molecule has 22 heavy (non-hydrogen) atoms. The molecular weight excluding hydrogens is 272 g/mol. The van der Waals surface area contributed by atoms with Crippen LogP contribution in [0.15, 0.2) is 30.3 Å². The second-order valence-corrected chi connectivity index (χ2v) is 7.02. The van der Waals surface area contributed by atoms with E-state index >= 15 is 0 Å². The monoisotopic (exact) mass is 302 g/mol. The molecule has 3 rings (SSSR count). The molecule has 2 aliphatic rings. The predicted molar refractivity (Wildman–Crippen MR) is 91.2 cm³/mol. The van der Waals surface area contributed by atoms with Gasteiger partial charge in [0.05, 0.1) is 6.61 Å². The van der Waals surface area contributed by atoms with Crippen molar-refractivity contribution in [3.8, 4) is 0 Å². The Morgan fingerprint density at radius 1 is 1.18 bits per heavy atom. The Balaban J connectivity index is 1.35. The van der Waals surface area contributed by atoms with Gasteiger partial charge in [-0.25, -0.2) is 0 Å². The first kappa shape index (κ1) is 16.0. The van der Waals surface area contributed by atoms with Gasteiger partial charge >= 0.3 is 0 Å². The maximum atomic E-state index is 5.49. The molecule has 0 saturated carbocycles. The van der Waals surface area contributed by atoms with E-state index in [0.29, 0.717) is 12.0 Å². The van der Waals surface area contributed by atoms with E-state index in [9.17, 15) is 0 Å². The van der Waals surface area contributed by atoms with E-state index in [0.717, 1.165) is 25.7 Å². The first-order valence-corrected chi connectivity index (χ1v) is 8.89. The van der Waals surface area contributed by atoms with Crippen molar-refractivity contribution in [2.75, 3.05) is 39.4 Å². The summed E-state index contributed by atoms with van der Waals surface area (Å²) in [6, 6.07) is 11.5. The van der Waals surface area contributed by atoms with E-state index in [2.05, 4.69) is 47.5 Å². The molecule has 2 unspecified atom stereocenters. The van der Waals surface area contributed by atoms with Gasteiger partial charge in [-0.15, -0.1) is 0 Å². The zero-order valence-corrected chi connectivity index (χ0v) is 13.8. The van der Waals surface area contributed by atoms with Gasteiger partial charge < -0.3 is 15.0 Å². The van der Waals surface area contributed by atoms with E-state index in [4.69, 9.17) is 4.74 Å². The van der Waals surface area contributed by atoms with Crippen molar-refractivity contribution < 1.29 is 4.74 Å². The van der Waals surface area contributed by atoms with E-state index in [1.807, 2.05) is 0 Å². The summed E-state index contributed by atoms with van der Waals surface area (Å²) < 4.78 is 5.49. The molecule has 0 aromatic heterocycles. The first-order chi connectivity index (χ1) is 10.8. The summed E-state index contributed by atoms with van der Waals surface area (Å²) in [7, 11) is 0. The van der Waals surface area contributed by atoms with Gasteiger partial charge in [0.15, 0.2) is 0 Å². The number of piperidine rings is 1. The molecule has 2 fully saturated rings. The van der Waals surface area contributed by atoms with Crippen molar-refractivity contribution >= 4 is 0 Å². The molecule has 0 aliphatic carbocycles. The summed E-state index contributed by atoms with van der Waals surface area (Å²) in [6.07, 6.45) is 3.83. The van der Waals surface area contributed by atoms with Gasteiger partial charge in [-0.3, -0.25) is 0 Å². The number of nitrogens with one attached hydrogen (secondary N) is 1. The molecule has 2 saturated heterocycles. The Morgan fingerprint density at radius 2 is 1.95 bits per heavy atom. The predicted octanol–water partition coefficient (Wildman–Crippen LogP) is 2.88. The van der Waals surface area contributed by atoms with Crippen molar-refractivity contribution in [3.63, 3.8) is 0 Å². The van der Waals surface area contributed by atoms with Gasteiger partial charge in [0.1, 0.15) is 0 Å². The zero-order valence-electron chi connectivity index (χ0n) is 13.8. The highest BCUT2D eigenvalue weighted by molar-refractivity contribution is 5.19. The molecule has 2 atom stereocenters. The molecule has 2 aliphatic heterocycles.